The van der Waals surface area contributed by atoms with Gasteiger partial charge in [0, 0.05) is 11.6 Å². The highest BCUT2D eigenvalue weighted by molar-refractivity contribution is 6.30. The van der Waals surface area contributed by atoms with E-state index in [1.165, 1.54) is 0 Å². The summed E-state index contributed by atoms with van der Waals surface area (Å²) in [6, 6.07) is 7.13. The predicted octanol–water partition coefficient (Wildman–Crippen LogP) is 0.518. The quantitative estimate of drug-likeness (QED) is 0.688. The Morgan fingerprint density at radius 1 is 1.40 bits per heavy atom. The average molecular weight is 226 g/mol. The fourth-order valence-electron chi connectivity index (χ4n) is 1.80. The van der Waals surface area contributed by atoms with Crippen molar-refractivity contribution in [3.8, 4) is 0 Å². The molecule has 1 aliphatic heterocycles. The highest BCUT2D eigenvalue weighted by Crippen LogP contribution is 2.27. The first-order valence-electron chi connectivity index (χ1n) is 4.71. The molecule has 0 spiro atoms. The second-order valence-electron chi connectivity index (χ2n) is 3.58. The number of carbonyl (C=O) groups excluding carboxylic acids is 1. The minimum absolute atomic E-state index is 0.380. The standard InChI is InChI=1S/C10H12ClN3O/c11-8-3-1-7(2-4-8)10(9(12)15)5-6-13-14-10/h1-4,13-14H,5-6H2,(H2,12,15). The van der Waals surface area contributed by atoms with Gasteiger partial charge in [-0.25, -0.2) is 5.43 Å². The molecule has 1 atom stereocenters. The maximum absolute atomic E-state index is 11.5. The molecular formula is C10H12ClN3O. The summed E-state index contributed by atoms with van der Waals surface area (Å²) in [6.07, 6.45) is 0.643. The Morgan fingerprint density at radius 3 is 2.53 bits per heavy atom. The van der Waals surface area contributed by atoms with Gasteiger partial charge in [-0.05, 0) is 24.1 Å². The van der Waals surface area contributed by atoms with Gasteiger partial charge in [-0.2, -0.15) is 0 Å². The first-order valence-corrected chi connectivity index (χ1v) is 5.09. The summed E-state index contributed by atoms with van der Waals surface area (Å²) in [5, 5.41) is 0.643. The Kier molecular flexibility index (Phi) is 2.65. The molecule has 1 aromatic carbocycles. The number of hydrogen-bond donors (Lipinski definition) is 3. The van der Waals surface area contributed by atoms with Crippen LogP contribution in [0, 0.1) is 0 Å². The molecule has 2 rings (SSSR count). The molecule has 0 saturated carbocycles. The lowest BCUT2D eigenvalue weighted by Gasteiger charge is -2.25. The van der Waals surface area contributed by atoms with Crippen LogP contribution < -0.4 is 16.6 Å². The van der Waals surface area contributed by atoms with Gasteiger partial charge in [0.2, 0.25) is 5.91 Å². The van der Waals surface area contributed by atoms with Gasteiger partial charge in [-0.3, -0.25) is 10.2 Å². The lowest BCUT2D eigenvalue weighted by molar-refractivity contribution is -0.124. The van der Waals surface area contributed by atoms with Gasteiger partial charge in [-0.15, -0.1) is 0 Å². The Bertz CT molecular complexity index is 371. The molecule has 1 unspecified atom stereocenters. The lowest BCUT2D eigenvalue weighted by atomic mass is 9.88. The molecule has 4 nitrogen and oxygen atoms in total. The molecule has 80 valence electrons. The van der Waals surface area contributed by atoms with Crippen LogP contribution in [0.2, 0.25) is 5.02 Å². The third kappa shape index (κ3) is 1.71. The van der Waals surface area contributed by atoms with Crippen LogP contribution in [-0.4, -0.2) is 12.5 Å². The summed E-state index contributed by atoms with van der Waals surface area (Å²) >= 11 is 5.79. The fraction of sp³-hybridized carbons (Fsp3) is 0.300. The van der Waals surface area contributed by atoms with Gasteiger partial charge in [-0.1, -0.05) is 23.7 Å². The minimum atomic E-state index is -0.801. The van der Waals surface area contributed by atoms with Gasteiger partial charge in [0.15, 0.2) is 0 Å². The van der Waals surface area contributed by atoms with Gasteiger partial charge in [0.25, 0.3) is 0 Å². The van der Waals surface area contributed by atoms with E-state index in [0.29, 0.717) is 18.0 Å². The second kappa shape index (κ2) is 3.81. The van der Waals surface area contributed by atoms with E-state index in [-0.39, 0.29) is 5.91 Å². The monoisotopic (exact) mass is 225 g/mol. The Balaban J connectivity index is 2.41. The van der Waals surface area contributed by atoms with E-state index in [0.717, 1.165) is 5.56 Å². The van der Waals surface area contributed by atoms with Gasteiger partial charge in [0.05, 0.1) is 0 Å². The van der Waals surface area contributed by atoms with E-state index in [1.807, 2.05) is 12.1 Å². The zero-order chi connectivity index (χ0) is 10.9. The van der Waals surface area contributed by atoms with Gasteiger partial charge >= 0.3 is 0 Å². The zero-order valence-corrected chi connectivity index (χ0v) is 8.84. The van der Waals surface area contributed by atoms with E-state index in [1.54, 1.807) is 12.1 Å². The first-order chi connectivity index (χ1) is 7.15. The predicted molar refractivity (Wildman–Crippen MR) is 58.1 cm³/mol. The average Bonchev–Trinajstić information content (AvgIpc) is 2.69. The van der Waals surface area contributed by atoms with Crippen molar-refractivity contribution in [2.75, 3.05) is 6.54 Å². The van der Waals surface area contributed by atoms with E-state index in [9.17, 15) is 4.79 Å². The minimum Gasteiger partial charge on any atom is -0.368 e. The molecular weight excluding hydrogens is 214 g/mol. The van der Waals surface area contributed by atoms with Crippen LogP contribution in [-0.2, 0) is 10.3 Å². The highest BCUT2D eigenvalue weighted by atomic mass is 35.5. The summed E-state index contributed by atoms with van der Waals surface area (Å²) in [7, 11) is 0. The molecule has 0 bridgehead atoms. The van der Waals surface area contributed by atoms with Crippen LogP contribution in [0.5, 0.6) is 0 Å². The zero-order valence-electron chi connectivity index (χ0n) is 8.09. The van der Waals surface area contributed by atoms with Crippen molar-refractivity contribution in [2.45, 2.75) is 12.0 Å². The Morgan fingerprint density at radius 2 is 2.07 bits per heavy atom. The summed E-state index contributed by atoms with van der Waals surface area (Å²) < 4.78 is 0. The number of hydrazine groups is 1. The number of nitrogens with one attached hydrogen (secondary N) is 2. The smallest absolute Gasteiger partial charge is 0.243 e. The first kappa shape index (κ1) is 10.4. The molecule has 0 radical (unpaired) electrons. The highest BCUT2D eigenvalue weighted by Gasteiger charge is 2.41. The van der Waals surface area contributed by atoms with Crippen LogP contribution >= 0.6 is 11.6 Å². The number of rotatable bonds is 2. The van der Waals surface area contributed by atoms with Crippen molar-refractivity contribution < 1.29 is 4.79 Å². The largest absolute Gasteiger partial charge is 0.368 e. The molecule has 1 fully saturated rings. The van der Waals surface area contributed by atoms with Crippen LogP contribution in [0.15, 0.2) is 24.3 Å². The molecule has 0 aromatic heterocycles. The number of amides is 1. The Hall–Kier alpha value is -1.10. The lowest BCUT2D eigenvalue weighted by Crippen LogP contribution is -2.51. The van der Waals surface area contributed by atoms with Crippen LogP contribution in [0.1, 0.15) is 12.0 Å². The van der Waals surface area contributed by atoms with E-state index in [4.69, 9.17) is 17.3 Å². The third-order valence-electron chi connectivity index (χ3n) is 2.68. The topological polar surface area (TPSA) is 67.2 Å². The van der Waals surface area contributed by atoms with Crippen LogP contribution in [0.4, 0.5) is 0 Å². The molecule has 4 N–H and O–H groups in total. The van der Waals surface area contributed by atoms with Crippen molar-refractivity contribution in [1.29, 1.82) is 0 Å². The molecule has 15 heavy (non-hydrogen) atoms. The van der Waals surface area contributed by atoms with Crippen molar-refractivity contribution in [2.24, 2.45) is 5.73 Å². The van der Waals surface area contributed by atoms with Crippen LogP contribution in [0.25, 0.3) is 0 Å². The molecule has 1 aromatic rings. The SMILES string of the molecule is NC(=O)C1(c2ccc(Cl)cc2)CCNN1. The maximum Gasteiger partial charge on any atom is 0.243 e. The third-order valence-corrected chi connectivity index (χ3v) is 2.94. The van der Waals surface area contributed by atoms with Crippen molar-refractivity contribution in [1.82, 2.24) is 10.9 Å². The van der Waals surface area contributed by atoms with E-state index in [2.05, 4.69) is 10.9 Å². The summed E-state index contributed by atoms with van der Waals surface area (Å²) in [4.78, 5) is 11.5. The maximum atomic E-state index is 11.5. The molecule has 5 heteroatoms. The summed E-state index contributed by atoms with van der Waals surface area (Å²) in [6.45, 7) is 0.714. The number of primary amides is 1. The second-order valence-corrected chi connectivity index (χ2v) is 4.01. The molecule has 1 saturated heterocycles. The number of halogens is 1. The molecule has 1 aliphatic rings. The van der Waals surface area contributed by atoms with Crippen LogP contribution in [0.3, 0.4) is 0 Å². The van der Waals surface area contributed by atoms with Crippen molar-refractivity contribution in [3.63, 3.8) is 0 Å². The molecule has 1 amide bonds. The fourth-order valence-corrected chi connectivity index (χ4v) is 1.93. The normalized spacial score (nSPS) is 25.4. The Labute approximate surface area is 92.8 Å². The van der Waals surface area contributed by atoms with E-state index < -0.39 is 5.54 Å². The number of benzene rings is 1. The van der Waals surface area contributed by atoms with Gasteiger partial charge in [0.1, 0.15) is 5.54 Å². The van der Waals surface area contributed by atoms with Crippen molar-refractivity contribution in [3.05, 3.63) is 34.9 Å². The number of nitrogens with two attached hydrogens (primary N) is 1. The summed E-state index contributed by atoms with van der Waals surface area (Å²) in [5.41, 5.74) is 11.3. The molecule has 1 heterocycles. The molecule has 0 aliphatic carbocycles. The number of carbonyl (C=O) groups is 1. The number of hydrogen-bond acceptors (Lipinski definition) is 3. The van der Waals surface area contributed by atoms with Crippen molar-refractivity contribution >= 4 is 17.5 Å². The van der Waals surface area contributed by atoms with Gasteiger partial charge < -0.3 is 5.73 Å². The summed E-state index contributed by atoms with van der Waals surface area (Å²) in [5.74, 6) is -0.380. The van der Waals surface area contributed by atoms with E-state index >= 15 is 0 Å².